The lowest BCUT2D eigenvalue weighted by Gasteiger charge is -2.06. The summed E-state index contributed by atoms with van der Waals surface area (Å²) in [6, 6.07) is 12.7. The highest BCUT2D eigenvalue weighted by Gasteiger charge is 2.13. The number of benzene rings is 1. The fraction of sp³-hybridized carbons (Fsp3) is 0.118. The van der Waals surface area contributed by atoms with Crippen LogP contribution in [-0.4, -0.2) is 16.2 Å². The number of aryl methyl sites for hydroxylation is 2. The van der Waals surface area contributed by atoms with Crippen molar-refractivity contribution in [1.29, 1.82) is 0 Å². The summed E-state index contributed by atoms with van der Waals surface area (Å²) in [7, 11) is 0. The largest absolute Gasteiger partial charge is 0.457 e. The molecule has 1 aromatic carbocycles. The molecule has 22 heavy (non-hydrogen) atoms. The lowest BCUT2D eigenvalue weighted by atomic mass is 10.0. The van der Waals surface area contributed by atoms with E-state index in [2.05, 4.69) is 10.2 Å². The van der Waals surface area contributed by atoms with E-state index in [1.165, 1.54) is 12.3 Å². The fourth-order valence-electron chi connectivity index (χ4n) is 2.07. The molecule has 0 unspecified atom stereocenters. The molecule has 0 spiro atoms. The number of rotatable bonds is 3. The van der Waals surface area contributed by atoms with Gasteiger partial charge in [-0.25, -0.2) is 4.79 Å². The Hall–Kier alpha value is -2.95. The smallest absolute Gasteiger partial charge is 0.380 e. The topological polar surface area (TPSA) is 65.2 Å². The van der Waals surface area contributed by atoms with Gasteiger partial charge in [0.1, 0.15) is 0 Å². The minimum absolute atomic E-state index is 0.125. The number of aromatic nitrogens is 2. The first-order valence-electron chi connectivity index (χ1n) is 6.80. The summed E-state index contributed by atoms with van der Waals surface area (Å²) in [5, 5.41) is 8.07. The zero-order valence-electron chi connectivity index (χ0n) is 12.2. The summed E-state index contributed by atoms with van der Waals surface area (Å²) in [5.74, 6) is -0.338. The Morgan fingerprint density at radius 2 is 1.95 bits per heavy atom. The molecule has 0 radical (unpaired) electrons. The summed E-state index contributed by atoms with van der Waals surface area (Å²) >= 11 is 0. The molecule has 0 aliphatic heterocycles. The van der Waals surface area contributed by atoms with Crippen LogP contribution in [0.25, 0.3) is 11.3 Å². The van der Waals surface area contributed by atoms with Crippen molar-refractivity contribution in [2.45, 2.75) is 13.8 Å². The molecule has 2 heterocycles. The number of ether oxygens (including phenoxy) is 1. The van der Waals surface area contributed by atoms with E-state index in [4.69, 9.17) is 9.15 Å². The molecule has 0 atom stereocenters. The molecule has 0 saturated carbocycles. The molecule has 0 saturated heterocycles. The summed E-state index contributed by atoms with van der Waals surface area (Å²) in [6.45, 7) is 4.04. The number of hydrogen-bond acceptors (Lipinski definition) is 5. The summed E-state index contributed by atoms with van der Waals surface area (Å²) in [5.41, 5.74) is 4.01. The van der Waals surface area contributed by atoms with Crippen LogP contribution in [0.1, 0.15) is 21.7 Å². The molecule has 3 aromatic rings. The highest BCUT2D eigenvalue weighted by molar-refractivity contribution is 5.87. The van der Waals surface area contributed by atoms with Gasteiger partial charge in [0.2, 0.25) is 11.6 Å². The lowest BCUT2D eigenvalue weighted by Crippen LogP contribution is -2.08. The van der Waals surface area contributed by atoms with E-state index < -0.39 is 5.97 Å². The molecule has 5 heteroatoms. The molecule has 0 aliphatic carbocycles. The minimum Gasteiger partial charge on any atom is -0.457 e. The highest BCUT2D eigenvalue weighted by Crippen LogP contribution is 2.23. The molecule has 0 aliphatic rings. The maximum atomic E-state index is 11.7. The van der Waals surface area contributed by atoms with Crippen LogP contribution in [0, 0.1) is 13.8 Å². The molecule has 0 fully saturated rings. The highest BCUT2D eigenvalue weighted by atomic mass is 16.6. The SMILES string of the molecule is Cc1ccc(C)c(-c2ccc(OC(=O)c3ccco3)nn2)c1. The average Bonchev–Trinajstić information content (AvgIpc) is 3.05. The average molecular weight is 294 g/mol. The second kappa shape index (κ2) is 5.81. The van der Waals surface area contributed by atoms with Gasteiger partial charge in [0.05, 0.1) is 12.0 Å². The standard InChI is InChI=1S/C17H14N2O3/c1-11-5-6-12(2)13(10-11)14-7-8-16(19-18-14)22-17(20)15-4-3-9-21-15/h3-10H,1-2H3. The monoisotopic (exact) mass is 294 g/mol. The van der Waals surface area contributed by atoms with E-state index in [9.17, 15) is 4.79 Å². The van der Waals surface area contributed by atoms with Crippen molar-refractivity contribution in [1.82, 2.24) is 10.2 Å². The van der Waals surface area contributed by atoms with Crippen LogP contribution in [0.5, 0.6) is 5.88 Å². The van der Waals surface area contributed by atoms with Crippen molar-refractivity contribution >= 4 is 5.97 Å². The quantitative estimate of drug-likeness (QED) is 0.691. The zero-order chi connectivity index (χ0) is 15.5. The molecule has 0 N–H and O–H groups in total. The molecule has 0 bridgehead atoms. The van der Waals surface area contributed by atoms with Gasteiger partial charge >= 0.3 is 5.97 Å². The number of carbonyl (C=O) groups excluding carboxylic acids is 1. The molecular formula is C17H14N2O3. The third-order valence-electron chi connectivity index (χ3n) is 3.23. The Labute approximate surface area is 127 Å². The van der Waals surface area contributed by atoms with Gasteiger partial charge in [-0.15, -0.1) is 10.2 Å². The molecule has 3 rings (SSSR count). The number of nitrogens with zero attached hydrogens (tertiary/aromatic N) is 2. The summed E-state index contributed by atoms with van der Waals surface area (Å²) < 4.78 is 10.1. The fourth-order valence-corrected chi connectivity index (χ4v) is 2.07. The lowest BCUT2D eigenvalue weighted by molar-refractivity contribution is 0.0692. The van der Waals surface area contributed by atoms with Crippen molar-refractivity contribution in [2.24, 2.45) is 0 Å². The first-order chi connectivity index (χ1) is 10.6. The van der Waals surface area contributed by atoms with E-state index in [1.807, 2.05) is 32.0 Å². The van der Waals surface area contributed by atoms with E-state index >= 15 is 0 Å². The number of furan rings is 1. The summed E-state index contributed by atoms with van der Waals surface area (Å²) in [6.07, 6.45) is 1.41. The molecule has 2 aromatic heterocycles. The first-order valence-corrected chi connectivity index (χ1v) is 6.80. The van der Waals surface area contributed by atoms with Gasteiger partial charge in [-0.05, 0) is 43.7 Å². The third-order valence-corrected chi connectivity index (χ3v) is 3.23. The first kappa shape index (κ1) is 14.0. The predicted molar refractivity (Wildman–Crippen MR) is 80.6 cm³/mol. The zero-order valence-corrected chi connectivity index (χ0v) is 12.2. The van der Waals surface area contributed by atoms with Crippen molar-refractivity contribution in [2.75, 3.05) is 0 Å². The van der Waals surface area contributed by atoms with E-state index in [1.54, 1.807) is 18.2 Å². The van der Waals surface area contributed by atoms with Gasteiger partial charge in [-0.3, -0.25) is 0 Å². The molecular weight excluding hydrogens is 280 g/mol. The Bertz CT molecular complexity index is 793. The predicted octanol–water partition coefficient (Wildman–Crippen LogP) is 3.57. The second-order valence-corrected chi connectivity index (χ2v) is 4.94. The van der Waals surface area contributed by atoms with Crippen LogP contribution < -0.4 is 4.74 Å². The van der Waals surface area contributed by atoms with Crippen molar-refractivity contribution in [3.05, 3.63) is 65.6 Å². The van der Waals surface area contributed by atoms with Crippen LogP contribution in [0.4, 0.5) is 0 Å². The van der Waals surface area contributed by atoms with Gasteiger partial charge in [-0.2, -0.15) is 0 Å². The van der Waals surface area contributed by atoms with Gasteiger partial charge in [0.25, 0.3) is 0 Å². The minimum atomic E-state index is -0.598. The van der Waals surface area contributed by atoms with Crippen molar-refractivity contribution in [3.63, 3.8) is 0 Å². The van der Waals surface area contributed by atoms with E-state index in [0.29, 0.717) is 0 Å². The Balaban J connectivity index is 1.81. The Kier molecular flexibility index (Phi) is 3.70. The molecule has 0 amide bonds. The van der Waals surface area contributed by atoms with E-state index in [-0.39, 0.29) is 11.6 Å². The third kappa shape index (κ3) is 2.88. The van der Waals surface area contributed by atoms with Crippen LogP contribution in [-0.2, 0) is 0 Å². The number of carbonyl (C=O) groups is 1. The number of hydrogen-bond donors (Lipinski definition) is 0. The van der Waals surface area contributed by atoms with Crippen LogP contribution >= 0.6 is 0 Å². The number of esters is 1. The maximum absolute atomic E-state index is 11.7. The van der Waals surface area contributed by atoms with Crippen molar-refractivity contribution < 1.29 is 13.9 Å². The molecule has 5 nitrogen and oxygen atoms in total. The Morgan fingerprint density at radius 3 is 2.64 bits per heavy atom. The van der Waals surface area contributed by atoms with E-state index in [0.717, 1.165) is 22.4 Å². The second-order valence-electron chi connectivity index (χ2n) is 4.94. The maximum Gasteiger partial charge on any atom is 0.380 e. The van der Waals surface area contributed by atoms with Crippen LogP contribution in [0.2, 0.25) is 0 Å². The van der Waals surface area contributed by atoms with Gasteiger partial charge in [0, 0.05) is 11.6 Å². The molecule has 110 valence electrons. The van der Waals surface area contributed by atoms with Gasteiger partial charge in [0.15, 0.2) is 0 Å². The van der Waals surface area contributed by atoms with Crippen LogP contribution in [0.3, 0.4) is 0 Å². The van der Waals surface area contributed by atoms with Gasteiger partial charge < -0.3 is 9.15 Å². The summed E-state index contributed by atoms with van der Waals surface area (Å²) in [4.78, 5) is 11.7. The van der Waals surface area contributed by atoms with Crippen LogP contribution in [0.15, 0.2) is 53.1 Å². The Morgan fingerprint density at radius 1 is 1.09 bits per heavy atom. The van der Waals surface area contributed by atoms with Crippen molar-refractivity contribution in [3.8, 4) is 17.1 Å². The normalized spacial score (nSPS) is 10.5. The van der Waals surface area contributed by atoms with Gasteiger partial charge in [-0.1, -0.05) is 17.7 Å².